The van der Waals surface area contributed by atoms with Crippen LogP contribution in [-0.4, -0.2) is 22.1 Å². The summed E-state index contributed by atoms with van der Waals surface area (Å²) in [5.74, 6) is 1.29. The SMILES string of the molecule is [B]c1c(OC)cccc1OC. The summed E-state index contributed by atoms with van der Waals surface area (Å²) in [6.45, 7) is 0. The molecule has 0 saturated heterocycles. The average Bonchev–Trinajstić information content (AvgIpc) is 2.05. The first-order valence-electron chi connectivity index (χ1n) is 3.26. The van der Waals surface area contributed by atoms with E-state index < -0.39 is 0 Å². The molecule has 0 spiro atoms. The van der Waals surface area contributed by atoms with E-state index in [0.29, 0.717) is 17.0 Å². The lowest BCUT2D eigenvalue weighted by atomic mass is 9.94. The van der Waals surface area contributed by atoms with Crippen LogP contribution < -0.4 is 14.9 Å². The van der Waals surface area contributed by atoms with Crippen LogP contribution in [0.2, 0.25) is 0 Å². The summed E-state index contributed by atoms with van der Waals surface area (Å²) in [5, 5.41) is 0. The average molecular weight is 148 g/mol. The summed E-state index contributed by atoms with van der Waals surface area (Å²) in [7, 11) is 8.80. The van der Waals surface area contributed by atoms with Crippen LogP contribution in [0.4, 0.5) is 0 Å². The second-order valence-corrected chi connectivity index (χ2v) is 2.08. The molecule has 0 aliphatic rings. The van der Waals surface area contributed by atoms with E-state index in [4.69, 9.17) is 17.3 Å². The van der Waals surface area contributed by atoms with Crippen LogP contribution in [0, 0.1) is 0 Å². The molecule has 0 saturated carbocycles. The summed E-state index contributed by atoms with van der Waals surface area (Å²) in [5.41, 5.74) is 0.539. The minimum Gasteiger partial charge on any atom is -0.497 e. The molecule has 1 rings (SSSR count). The van der Waals surface area contributed by atoms with Crippen molar-refractivity contribution in [3.63, 3.8) is 0 Å². The Morgan fingerprint density at radius 1 is 1.09 bits per heavy atom. The number of methoxy groups -OCH3 is 2. The molecule has 1 aromatic rings. The molecule has 2 nitrogen and oxygen atoms in total. The second kappa shape index (κ2) is 3.33. The van der Waals surface area contributed by atoms with Gasteiger partial charge in [-0.05, 0) is 17.6 Å². The van der Waals surface area contributed by atoms with Crippen molar-refractivity contribution in [2.24, 2.45) is 0 Å². The Bertz CT molecular complexity index is 226. The zero-order chi connectivity index (χ0) is 8.27. The summed E-state index contributed by atoms with van der Waals surface area (Å²) in [6.07, 6.45) is 0. The lowest BCUT2D eigenvalue weighted by molar-refractivity contribution is 0.400. The summed E-state index contributed by atoms with van der Waals surface area (Å²) in [4.78, 5) is 0. The lowest BCUT2D eigenvalue weighted by Gasteiger charge is -2.08. The van der Waals surface area contributed by atoms with E-state index in [1.165, 1.54) is 0 Å². The van der Waals surface area contributed by atoms with E-state index in [-0.39, 0.29) is 0 Å². The first-order chi connectivity index (χ1) is 5.29. The summed E-state index contributed by atoms with van der Waals surface area (Å²) < 4.78 is 9.96. The molecule has 2 radical (unpaired) electrons. The maximum absolute atomic E-state index is 5.65. The number of ether oxygens (including phenoxy) is 2. The van der Waals surface area contributed by atoms with Crippen molar-refractivity contribution in [2.75, 3.05) is 14.2 Å². The van der Waals surface area contributed by atoms with Gasteiger partial charge in [0.15, 0.2) is 0 Å². The smallest absolute Gasteiger partial charge is 0.124 e. The lowest BCUT2D eigenvalue weighted by Crippen LogP contribution is -2.10. The summed E-state index contributed by atoms with van der Waals surface area (Å²) in [6, 6.07) is 5.41. The molecule has 0 heterocycles. The van der Waals surface area contributed by atoms with E-state index in [1.54, 1.807) is 26.4 Å². The Hall–Kier alpha value is -1.12. The predicted octanol–water partition coefficient (Wildman–Crippen LogP) is 0.498. The van der Waals surface area contributed by atoms with Crippen molar-refractivity contribution in [3.05, 3.63) is 18.2 Å². The van der Waals surface area contributed by atoms with Gasteiger partial charge in [-0.15, -0.1) is 0 Å². The molecule has 1 aromatic carbocycles. The quantitative estimate of drug-likeness (QED) is 0.568. The van der Waals surface area contributed by atoms with Crippen molar-refractivity contribution < 1.29 is 9.47 Å². The van der Waals surface area contributed by atoms with Crippen molar-refractivity contribution in [3.8, 4) is 11.5 Å². The normalized spacial score (nSPS) is 9.27. The first kappa shape index (κ1) is 7.99. The zero-order valence-corrected chi connectivity index (χ0v) is 6.63. The summed E-state index contributed by atoms with van der Waals surface area (Å²) >= 11 is 0. The molecule has 0 amide bonds. The highest BCUT2D eigenvalue weighted by molar-refractivity contribution is 6.36. The van der Waals surface area contributed by atoms with E-state index in [2.05, 4.69) is 0 Å². The van der Waals surface area contributed by atoms with Gasteiger partial charge in [0.25, 0.3) is 0 Å². The van der Waals surface area contributed by atoms with Crippen LogP contribution >= 0.6 is 0 Å². The van der Waals surface area contributed by atoms with Crippen LogP contribution in [0.1, 0.15) is 0 Å². The third-order valence-corrected chi connectivity index (χ3v) is 1.47. The highest BCUT2D eigenvalue weighted by Gasteiger charge is 2.01. The van der Waals surface area contributed by atoms with Crippen molar-refractivity contribution in [1.82, 2.24) is 0 Å². The minimum absolute atomic E-state index is 0.539. The van der Waals surface area contributed by atoms with Gasteiger partial charge < -0.3 is 9.47 Å². The van der Waals surface area contributed by atoms with Gasteiger partial charge in [0.05, 0.1) is 14.2 Å². The fraction of sp³-hybridized carbons (Fsp3) is 0.250. The van der Waals surface area contributed by atoms with Gasteiger partial charge in [-0.1, -0.05) is 6.07 Å². The van der Waals surface area contributed by atoms with Gasteiger partial charge in [0, 0.05) is 0 Å². The molecule has 11 heavy (non-hydrogen) atoms. The van der Waals surface area contributed by atoms with Crippen molar-refractivity contribution >= 4 is 13.3 Å². The molecule has 0 aromatic heterocycles. The molecule has 0 atom stereocenters. The Kier molecular flexibility index (Phi) is 2.42. The standard InChI is InChI=1S/C8H9BO2/c1-10-6-4-3-5-7(11-2)8(6)9/h3-5H,1-2H3. The van der Waals surface area contributed by atoms with Crippen LogP contribution in [0.3, 0.4) is 0 Å². The van der Waals surface area contributed by atoms with Crippen LogP contribution in [0.15, 0.2) is 18.2 Å². The molecule has 0 bridgehead atoms. The van der Waals surface area contributed by atoms with E-state index >= 15 is 0 Å². The highest BCUT2D eigenvalue weighted by atomic mass is 16.5. The molecule has 56 valence electrons. The molecule has 0 fully saturated rings. The largest absolute Gasteiger partial charge is 0.497 e. The van der Waals surface area contributed by atoms with Gasteiger partial charge >= 0.3 is 0 Å². The fourth-order valence-electron chi connectivity index (χ4n) is 0.880. The van der Waals surface area contributed by atoms with Gasteiger partial charge in [-0.2, -0.15) is 0 Å². The first-order valence-corrected chi connectivity index (χ1v) is 3.26. The van der Waals surface area contributed by atoms with Gasteiger partial charge in [0.1, 0.15) is 19.3 Å². The van der Waals surface area contributed by atoms with E-state index in [0.717, 1.165) is 0 Å². The minimum atomic E-state index is 0.539. The maximum Gasteiger partial charge on any atom is 0.124 e. The van der Waals surface area contributed by atoms with Gasteiger partial charge in [0.2, 0.25) is 0 Å². The molecule has 0 aliphatic heterocycles. The molecule has 0 aliphatic carbocycles. The van der Waals surface area contributed by atoms with Gasteiger partial charge in [-0.25, -0.2) is 0 Å². The van der Waals surface area contributed by atoms with Crippen molar-refractivity contribution in [2.45, 2.75) is 0 Å². The Morgan fingerprint density at radius 2 is 1.55 bits per heavy atom. The maximum atomic E-state index is 5.65. The third kappa shape index (κ3) is 1.48. The number of hydrogen-bond donors (Lipinski definition) is 0. The van der Waals surface area contributed by atoms with Crippen LogP contribution in [-0.2, 0) is 0 Å². The predicted molar refractivity (Wildman–Crippen MR) is 44.9 cm³/mol. The molecule has 0 unspecified atom stereocenters. The highest BCUT2D eigenvalue weighted by Crippen LogP contribution is 2.13. The van der Waals surface area contributed by atoms with Gasteiger partial charge in [-0.3, -0.25) is 0 Å². The molecular weight excluding hydrogens is 139 g/mol. The second-order valence-electron chi connectivity index (χ2n) is 2.08. The Balaban J connectivity index is 3.10. The Morgan fingerprint density at radius 3 is 1.91 bits per heavy atom. The number of benzene rings is 1. The van der Waals surface area contributed by atoms with Crippen LogP contribution in [0.25, 0.3) is 0 Å². The molecule has 3 heteroatoms. The molecular formula is C8H9BO2. The molecule has 0 N–H and O–H groups in total. The van der Waals surface area contributed by atoms with Crippen molar-refractivity contribution in [1.29, 1.82) is 0 Å². The van der Waals surface area contributed by atoms with Crippen LogP contribution in [0.5, 0.6) is 11.5 Å². The van der Waals surface area contributed by atoms with E-state index in [1.807, 2.05) is 6.07 Å². The topological polar surface area (TPSA) is 18.5 Å². The Labute approximate surface area is 67.5 Å². The number of rotatable bonds is 2. The zero-order valence-electron chi connectivity index (χ0n) is 6.63. The fourth-order valence-corrected chi connectivity index (χ4v) is 0.880. The monoisotopic (exact) mass is 148 g/mol. The number of hydrogen-bond acceptors (Lipinski definition) is 2. The third-order valence-electron chi connectivity index (χ3n) is 1.47. The van der Waals surface area contributed by atoms with E-state index in [9.17, 15) is 0 Å².